The van der Waals surface area contributed by atoms with Crippen LogP contribution in [0, 0.1) is 5.92 Å². The van der Waals surface area contributed by atoms with Gasteiger partial charge in [0.2, 0.25) is 5.91 Å². The number of hydrogen-bond acceptors (Lipinski definition) is 3. The Morgan fingerprint density at radius 2 is 2.12 bits per heavy atom. The maximum atomic E-state index is 11.7. The van der Waals surface area contributed by atoms with Crippen LogP contribution in [-0.4, -0.2) is 42.6 Å². The van der Waals surface area contributed by atoms with Crippen LogP contribution in [0.2, 0.25) is 0 Å². The summed E-state index contributed by atoms with van der Waals surface area (Å²) in [7, 11) is 0. The van der Waals surface area contributed by atoms with Crippen LogP contribution in [0.1, 0.15) is 33.6 Å². The second-order valence-electron chi connectivity index (χ2n) is 4.94. The van der Waals surface area contributed by atoms with E-state index in [0.29, 0.717) is 32.0 Å². The van der Waals surface area contributed by atoms with E-state index in [1.54, 1.807) is 0 Å². The average molecular weight is 228 g/mol. The Bertz CT molecular complexity index is 235. The molecule has 4 nitrogen and oxygen atoms in total. The van der Waals surface area contributed by atoms with Crippen LogP contribution in [0.4, 0.5) is 0 Å². The Kier molecular flexibility index (Phi) is 4.74. The molecule has 0 saturated carbocycles. The van der Waals surface area contributed by atoms with Crippen LogP contribution in [0.3, 0.4) is 0 Å². The highest BCUT2D eigenvalue weighted by molar-refractivity contribution is 5.77. The predicted molar refractivity (Wildman–Crippen MR) is 64.1 cm³/mol. The standard InChI is InChI=1S/C12H24N2O2/c1-4-16-7-5-6-11(15)14-8-12(13,9-14)10(2)3/h10H,4-9,13H2,1-3H3. The summed E-state index contributed by atoms with van der Waals surface area (Å²) in [5.74, 6) is 0.640. The smallest absolute Gasteiger partial charge is 0.222 e. The molecule has 0 unspecified atom stereocenters. The lowest BCUT2D eigenvalue weighted by Gasteiger charge is -2.50. The number of ether oxygens (including phenoxy) is 1. The molecule has 1 amide bonds. The van der Waals surface area contributed by atoms with Gasteiger partial charge in [0.25, 0.3) is 0 Å². The Balaban J connectivity index is 2.17. The molecule has 0 aliphatic carbocycles. The van der Waals surface area contributed by atoms with Crippen LogP contribution in [0.25, 0.3) is 0 Å². The molecule has 0 bridgehead atoms. The van der Waals surface area contributed by atoms with Gasteiger partial charge in [0, 0.05) is 32.7 Å². The lowest BCUT2D eigenvalue weighted by atomic mass is 9.80. The van der Waals surface area contributed by atoms with Crippen LogP contribution < -0.4 is 5.73 Å². The molecule has 0 radical (unpaired) electrons. The van der Waals surface area contributed by atoms with Gasteiger partial charge in [0.05, 0.1) is 5.54 Å². The van der Waals surface area contributed by atoms with E-state index in [1.807, 2.05) is 11.8 Å². The van der Waals surface area contributed by atoms with E-state index in [1.165, 1.54) is 0 Å². The van der Waals surface area contributed by atoms with E-state index < -0.39 is 0 Å². The van der Waals surface area contributed by atoms with Gasteiger partial charge < -0.3 is 15.4 Å². The Morgan fingerprint density at radius 3 is 2.62 bits per heavy atom. The molecule has 0 aromatic carbocycles. The zero-order valence-corrected chi connectivity index (χ0v) is 10.7. The number of likely N-dealkylation sites (tertiary alicyclic amines) is 1. The van der Waals surface area contributed by atoms with Crippen molar-refractivity contribution in [2.24, 2.45) is 11.7 Å². The summed E-state index contributed by atoms with van der Waals surface area (Å²) < 4.78 is 5.20. The first-order valence-electron chi connectivity index (χ1n) is 6.14. The Morgan fingerprint density at radius 1 is 1.50 bits per heavy atom. The molecule has 1 heterocycles. The number of rotatable bonds is 6. The summed E-state index contributed by atoms with van der Waals surface area (Å²) in [5.41, 5.74) is 5.97. The highest BCUT2D eigenvalue weighted by Crippen LogP contribution is 2.26. The molecular formula is C12H24N2O2. The topological polar surface area (TPSA) is 55.6 Å². The summed E-state index contributed by atoms with van der Waals surface area (Å²) >= 11 is 0. The normalized spacial score (nSPS) is 18.7. The minimum Gasteiger partial charge on any atom is -0.382 e. The molecule has 2 N–H and O–H groups in total. The van der Waals surface area contributed by atoms with E-state index in [2.05, 4.69) is 13.8 Å². The minimum atomic E-state index is -0.157. The van der Waals surface area contributed by atoms with Gasteiger partial charge in [0.15, 0.2) is 0 Å². The highest BCUT2D eigenvalue weighted by atomic mass is 16.5. The van der Waals surface area contributed by atoms with E-state index in [4.69, 9.17) is 10.5 Å². The summed E-state index contributed by atoms with van der Waals surface area (Å²) in [6.07, 6.45) is 1.39. The fraction of sp³-hybridized carbons (Fsp3) is 0.917. The molecule has 1 saturated heterocycles. The van der Waals surface area contributed by atoms with Crippen molar-refractivity contribution in [3.05, 3.63) is 0 Å². The van der Waals surface area contributed by atoms with Crippen LogP contribution in [0.15, 0.2) is 0 Å². The summed E-state index contributed by atoms with van der Waals surface area (Å²) in [4.78, 5) is 13.6. The van der Waals surface area contributed by atoms with Gasteiger partial charge in [-0.1, -0.05) is 13.8 Å². The largest absolute Gasteiger partial charge is 0.382 e. The van der Waals surface area contributed by atoms with Crippen molar-refractivity contribution in [1.82, 2.24) is 4.90 Å². The second kappa shape index (κ2) is 5.64. The molecule has 1 fully saturated rings. The Hall–Kier alpha value is -0.610. The maximum Gasteiger partial charge on any atom is 0.222 e. The molecule has 1 aliphatic rings. The third kappa shape index (κ3) is 3.19. The van der Waals surface area contributed by atoms with E-state index in [9.17, 15) is 4.79 Å². The van der Waals surface area contributed by atoms with E-state index >= 15 is 0 Å². The lowest BCUT2D eigenvalue weighted by molar-refractivity contribution is -0.140. The number of nitrogens with zero attached hydrogens (tertiary/aromatic N) is 1. The van der Waals surface area contributed by atoms with Gasteiger partial charge in [-0.3, -0.25) is 4.79 Å². The fourth-order valence-corrected chi connectivity index (χ4v) is 1.83. The van der Waals surface area contributed by atoms with E-state index in [0.717, 1.165) is 13.0 Å². The van der Waals surface area contributed by atoms with Crippen molar-refractivity contribution in [1.29, 1.82) is 0 Å². The summed E-state index contributed by atoms with van der Waals surface area (Å²) in [6.45, 7) is 8.98. The third-order valence-corrected chi connectivity index (χ3v) is 3.36. The van der Waals surface area contributed by atoms with Gasteiger partial charge in [0.1, 0.15) is 0 Å². The number of hydrogen-bond donors (Lipinski definition) is 1. The molecular weight excluding hydrogens is 204 g/mol. The van der Waals surface area contributed by atoms with Gasteiger partial charge in [-0.05, 0) is 19.3 Å². The van der Waals surface area contributed by atoms with Crippen molar-refractivity contribution < 1.29 is 9.53 Å². The van der Waals surface area contributed by atoms with Crippen LogP contribution in [0.5, 0.6) is 0 Å². The Labute approximate surface area is 98.1 Å². The SMILES string of the molecule is CCOCCCC(=O)N1CC(N)(C(C)C)C1. The first-order chi connectivity index (χ1) is 7.49. The van der Waals surface area contributed by atoms with Crippen molar-refractivity contribution in [2.75, 3.05) is 26.3 Å². The summed E-state index contributed by atoms with van der Waals surface area (Å²) in [5, 5.41) is 0. The number of amides is 1. The highest BCUT2D eigenvalue weighted by Gasteiger charge is 2.43. The predicted octanol–water partition coefficient (Wildman–Crippen LogP) is 0.999. The van der Waals surface area contributed by atoms with Crippen molar-refractivity contribution >= 4 is 5.91 Å². The molecule has 1 aliphatic heterocycles. The number of nitrogens with two attached hydrogens (primary N) is 1. The van der Waals surface area contributed by atoms with Gasteiger partial charge >= 0.3 is 0 Å². The molecule has 0 spiro atoms. The number of carbonyl (C=O) groups excluding carboxylic acids is 1. The van der Waals surface area contributed by atoms with Crippen molar-refractivity contribution in [2.45, 2.75) is 39.2 Å². The average Bonchev–Trinajstić information content (AvgIpc) is 2.19. The van der Waals surface area contributed by atoms with Gasteiger partial charge in [-0.15, -0.1) is 0 Å². The van der Waals surface area contributed by atoms with Crippen LogP contribution in [-0.2, 0) is 9.53 Å². The minimum absolute atomic E-state index is 0.157. The molecule has 94 valence electrons. The summed E-state index contributed by atoms with van der Waals surface area (Å²) in [6, 6.07) is 0. The van der Waals surface area contributed by atoms with E-state index in [-0.39, 0.29) is 11.4 Å². The zero-order chi connectivity index (χ0) is 12.2. The van der Waals surface area contributed by atoms with Crippen LogP contribution >= 0.6 is 0 Å². The quantitative estimate of drug-likeness (QED) is 0.690. The second-order valence-corrected chi connectivity index (χ2v) is 4.94. The van der Waals surface area contributed by atoms with Crippen molar-refractivity contribution in [3.63, 3.8) is 0 Å². The lowest BCUT2D eigenvalue weighted by Crippen LogP contribution is -2.71. The number of carbonyl (C=O) groups is 1. The van der Waals surface area contributed by atoms with Gasteiger partial charge in [-0.25, -0.2) is 0 Å². The molecule has 1 rings (SSSR count). The molecule has 0 atom stereocenters. The maximum absolute atomic E-state index is 11.7. The molecule has 0 aromatic heterocycles. The molecule has 16 heavy (non-hydrogen) atoms. The molecule has 4 heteroatoms. The first-order valence-corrected chi connectivity index (χ1v) is 6.14. The molecule has 0 aromatic rings. The monoisotopic (exact) mass is 228 g/mol. The fourth-order valence-electron chi connectivity index (χ4n) is 1.83. The zero-order valence-electron chi connectivity index (χ0n) is 10.7. The van der Waals surface area contributed by atoms with Gasteiger partial charge in [-0.2, -0.15) is 0 Å². The third-order valence-electron chi connectivity index (χ3n) is 3.36. The first kappa shape index (κ1) is 13.5. The van der Waals surface area contributed by atoms with Crippen molar-refractivity contribution in [3.8, 4) is 0 Å².